The van der Waals surface area contributed by atoms with Crippen LogP contribution in [0.4, 0.5) is 11.4 Å². The fourth-order valence-corrected chi connectivity index (χ4v) is 5.26. The number of rotatable bonds is 4. The van der Waals surface area contributed by atoms with E-state index in [9.17, 15) is 0 Å². The summed E-state index contributed by atoms with van der Waals surface area (Å²) in [5.41, 5.74) is 6.50. The second kappa shape index (κ2) is 8.37. The van der Waals surface area contributed by atoms with Gasteiger partial charge in [-0.3, -0.25) is 0 Å². The van der Waals surface area contributed by atoms with Crippen molar-refractivity contribution < 1.29 is 0 Å². The predicted molar refractivity (Wildman–Crippen MR) is 140 cm³/mol. The maximum Gasteiger partial charge on any atom is 0.113 e. The third-order valence-corrected chi connectivity index (χ3v) is 6.40. The predicted octanol–water partition coefficient (Wildman–Crippen LogP) is 7.56. The molecule has 33 heavy (non-hydrogen) atoms. The van der Waals surface area contributed by atoms with Gasteiger partial charge in [-0.15, -0.1) is 0 Å². The van der Waals surface area contributed by atoms with Gasteiger partial charge in [0.15, 0.2) is 0 Å². The molecule has 0 spiro atoms. The number of hydrogen-bond acceptors (Lipinski definition) is 2. The van der Waals surface area contributed by atoms with Gasteiger partial charge in [-0.1, -0.05) is 97.1 Å². The quantitative estimate of drug-likeness (QED) is 0.326. The lowest BCUT2D eigenvalue weighted by Crippen LogP contribution is -2.57. The molecule has 1 unspecified atom stereocenters. The van der Waals surface area contributed by atoms with Gasteiger partial charge in [0, 0.05) is 23.2 Å². The van der Waals surface area contributed by atoms with E-state index in [-0.39, 0.29) is 5.54 Å². The molecule has 1 aliphatic rings. The first-order valence-electron chi connectivity index (χ1n) is 11.6. The molecule has 0 aromatic heterocycles. The largest absolute Gasteiger partial charge is 0.350 e. The number of hydrogen-bond donors (Lipinski definition) is 0. The van der Waals surface area contributed by atoms with E-state index in [0.29, 0.717) is 0 Å². The number of benzene rings is 4. The highest BCUT2D eigenvalue weighted by Crippen LogP contribution is 2.51. The second-order valence-electron chi connectivity index (χ2n) is 9.71. The van der Waals surface area contributed by atoms with Crippen molar-refractivity contribution in [1.82, 2.24) is 0 Å². The summed E-state index contributed by atoms with van der Waals surface area (Å²) in [6.45, 7) is 6.91. The fourth-order valence-electron chi connectivity index (χ4n) is 5.26. The summed E-state index contributed by atoms with van der Waals surface area (Å²) >= 11 is 0. The van der Waals surface area contributed by atoms with E-state index in [1.165, 1.54) is 22.4 Å². The van der Waals surface area contributed by atoms with Crippen LogP contribution >= 0.6 is 0 Å². The molecule has 4 aromatic carbocycles. The molecule has 0 aliphatic carbocycles. The Kier molecular flexibility index (Phi) is 5.38. The number of aliphatic imine (C=N–C) groups is 1. The smallest absolute Gasteiger partial charge is 0.113 e. The topological polar surface area (TPSA) is 15.6 Å². The molecule has 0 fully saturated rings. The van der Waals surface area contributed by atoms with Gasteiger partial charge in [-0.05, 0) is 50.1 Å². The van der Waals surface area contributed by atoms with Crippen LogP contribution in [0.5, 0.6) is 0 Å². The average Bonchev–Trinajstić information content (AvgIpc) is 3.11. The number of para-hydroxylation sites is 2. The first-order valence-corrected chi connectivity index (χ1v) is 11.6. The molecule has 5 rings (SSSR count). The zero-order valence-electron chi connectivity index (χ0n) is 19.6. The molecule has 164 valence electrons. The van der Waals surface area contributed by atoms with Crippen LogP contribution in [0.25, 0.3) is 0 Å². The monoisotopic (exact) mass is 430 g/mol. The molecule has 0 amide bonds. The van der Waals surface area contributed by atoms with E-state index < -0.39 is 5.54 Å². The normalized spacial score (nSPS) is 19.0. The molecule has 1 aliphatic heterocycles. The lowest BCUT2D eigenvalue weighted by Gasteiger charge is -2.49. The Hall–Kier alpha value is -3.65. The minimum atomic E-state index is -0.444. The standard InChI is InChI=1S/C31H30N2/c1-30(2,3)33-28-22-14-13-21-27(28)29(32-26-19-11-6-12-20-26)31(33,25-17-9-5-10-18-25)23-24-15-7-4-8-16-24/h4-22H,23H2,1-3H3. The Labute approximate surface area is 197 Å². The first kappa shape index (κ1) is 21.2. The van der Waals surface area contributed by atoms with Gasteiger partial charge >= 0.3 is 0 Å². The zero-order chi connectivity index (χ0) is 22.9. The van der Waals surface area contributed by atoms with Crippen molar-refractivity contribution in [2.45, 2.75) is 38.3 Å². The Morgan fingerprint density at radius 3 is 1.85 bits per heavy atom. The van der Waals surface area contributed by atoms with Gasteiger partial charge in [0.25, 0.3) is 0 Å². The third kappa shape index (κ3) is 3.76. The highest BCUT2D eigenvalue weighted by atomic mass is 15.3. The van der Waals surface area contributed by atoms with Gasteiger partial charge in [0.05, 0.1) is 11.4 Å². The second-order valence-corrected chi connectivity index (χ2v) is 9.71. The minimum absolute atomic E-state index is 0.130. The minimum Gasteiger partial charge on any atom is -0.350 e. The summed E-state index contributed by atoms with van der Waals surface area (Å²) in [6, 6.07) is 40.8. The number of anilines is 1. The van der Waals surface area contributed by atoms with E-state index in [2.05, 4.69) is 135 Å². The van der Waals surface area contributed by atoms with Gasteiger partial charge in [-0.2, -0.15) is 0 Å². The van der Waals surface area contributed by atoms with Crippen molar-refractivity contribution >= 4 is 17.1 Å². The van der Waals surface area contributed by atoms with Crippen molar-refractivity contribution in [3.05, 3.63) is 132 Å². The molecule has 4 aromatic rings. The van der Waals surface area contributed by atoms with Crippen LogP contribution in [0.2, 0.25) is 0 Å². The van der Waals surface area contributed by atoms with E-state index in [4.69, 9.17) is 4.99 Å². The summed E-state index contributed by atoms with van der Waals surface area (Å²) in [7, 11) is 0. The molecule has 2 nitrogen and oxygen atoms in total. The first-order chi connectivity index (χ1) is 16.0. The van der Waals surface area contributed by atoms with Gasteiger partial charge in [0.2, 0.25) is 0 Å². The van der Waals surface area contributed by atoms with Crippen LogP contribution in [0.3, 0.4) is 0 Å². The van der Waals surface area contributed by atoms with E-state index in [1.54, 1.807) is 0 Å². The van der Waals surface area contributed by atoms with E-state index in [1.807, 2.05) is 6.07 Å². The molecular formula is C31H30N2. The van der Waals surface area contributed by atoms with Crippen LogP contribution in [-0.2, 0) is 12.0 Å². The summed E-state index contributed by atoms with van der Waals surface area (Å²) in [4.78, 5) is 7.96. The molecule has 0 N–H and O–H groups in total. The third-order valence-electron chi connectivity index (χ3n) is 6.40. The fraction of sp³-hybridized carbons (Fsp3) is 0.194. The molecule has 0 radical (unpaired) electrons. The average molecular weight is 431 g/mol. The number of nitrogens with zero attached hydrogens (tertiary/aromatic N) is 2. The van der Waals surface area contributed by atoms with Crippen LogP contribution in [0.1, 0.15) is 37.5 Å². The van der Waals surface area contributed by atoms with Crippen molar-refractivity contribution in [2.24, 2.45) is 4.99 Å². The Bertz CT molecular complexity index is 1250. The van der Waals surface area contributed by atoms with Crippen molar-refractivity contribution in [3.63, 3.8) is 0 Å². The molecule has 1 atom stereocenters. The molecule has 2 heteroatoms. The molecule has 0 bridgehead atoms. The molecule has 0 saturated carbocycles. The summed E-state index contributed by atoms with van der Waals surface area (Å²) in [5.74, 6) is 0. The maximum atomic E-state index is 5.36. The molecular weight excluding hydrogens is 400 g/mol. The molecule has 0 saturated heterocycles. The highest BCUT2D eigenvalue weighted by Gasteiger charge is 2.53. The summed E-state index contributed by atoms with van der Waals surface area (Å²) in [6.07, 6.45) is 0.829. The number of fused-ring (bicyclic) bond motifs is 1. The van der Waals surface area contributed by atoms with Crippen LogP contribution in [0.15, 0.2) is 120 Å². The SMILES string of the molecule is CC(C)(C)N1c2ccccc2C(=Nc2ccccc2)C1(Cc1ccccc1)c1ccccc1. The lowest BCUT2D eigenvalue weighted by molar-refractivity contribution is 0.401. The summed E-state index contributed by atoms with van der Waals surface area (Å²) < 4.78 is 0. The Morgan fingerprint density at radius 2 is 1.21 bits per heavy atom. The van der Waals surface area contributed by atoms with Crippen LogP contribution in [0, 0.1) is 0 Å². The van der Waals surface area contributed by atoms with Gasteiger partial charge in [0.1, 0.15) is 5.54 Å². The Balaban J connectivity index is 1.87. The lowest BCUT2D eigenvalue weighted by atomic mass is 9.77. The highest BCUT2D eigenvalue weighted by molar-refractivity contribution is 6.18. The van der Waals surface area contributed by atoms with Gasteiger partial charge in [-0.25, -0.2) is 4.99 Å². The maximum absolute atomic E-state index is 5.36. The molecule has 1 heterocycles. The summed E-state index contributed by atoms with van der Waals surface area (Å²) in [5, 5.41) is 0. The zero-order valence-corrected chi connectivity index (χ0v) is 19.6. The van der Waals surface area contributed by atoms with Crippen LogP contribution < -0.4 is 4.90 Å². The van der Waals surface area contributed by atoms with E-state index >= 15 is 0 Å². The van der Waals surface area contributed by atoms with Crippen molar-refractivity contribution in [3.8, 4) is 0 Å². The van der Waals surface area contributed by atoms with Crippen LogP contribution in [-0.4, -0.2) is 11.3 Å². The van der Waals surface area contributed by atoms with Crippen molar-refractivity contribution in [1.29, 1.82) is 0 Å². The van der Waals surface area contributed by atoms with Gasteiger partial charge < -0.3 is 4.90 Å². The van der Waals surface area contributed by atoms with E-state index in [0.717, 1.165) is 17.8 Å². The Morgan fingerprint density at radius 1 is 0.667 bits per heavy atom. The van der Waals surface area contributed by atoms with Crippen molar-refractivity contribution in [2.75, 3.05) is 4.90 Å².